The minimum Gasteiger partial charge on any atom is -0.496 e. The van der Waals surface area contributed by atoms with E-state index in [1.807, 2.05) is 79.2 Å². The molecular formula is C26H25ClN4O2S. The Labute approximate surface area is 208 Å². The van der Waals surface area contributed by atoms with Gasteiger partial charge in [-0.25, -0.2) is 0 Å². The van der Waals surface area contributed by atoms with Crippen LogP contribution in [0.4, 0.5) is 0 Å². The second-order valence-corrected chi connectivity index (χ2v) is 9.22. The summed E-state index contributed by atoms with van der Waals surface area (Å²) in [5.74, 6) is 1.56. The van der Waals surface area contributed by atoms with Gasteiger partial charge in [-0.3, -0.25) is 9.36 Å². The molecule has 0 spiro atoms. The Hall–Kier alpha value is -3.29. The summed E-state index contributed by atoms with van der Waals surface area (Å²) in [4.78, 5) is 14.6. The standard InChI is InChI=1S/C26H25ClN4O2S/c1-18-8-10-19(11-9-18)16-30(2)24(32)17-34-26-29-28-25(22-6-4-5-7-23(22)33-3)31(26)21-14-12-20(27)13-15-21/h4-15H,16-17H2,1-3H3. The van der Waals surface area contributed by atoms with Crippen LogP contribution in [-0.4, -0.2) is 45.5 Å². The van der Waals surface area contributed by atoms with Crippen molar-refractivity contribution in [2.24, 2.45) is 0 Å². The number of aromatic nitrogens is 3. The van der Waals surface area contributed by atoms with Crippen molar-refractivity contribution in [2.75, 3.05) is 19.9 Å². The summed E-state index contributed by atoms with van der Waals surface area (Å²) < 4.78 is 7.47. The van der Waals surface area contributed by atoms with Crippen LogP contribution in [0.25, 0.3) is 17.1 Å². The van der Waals surface area contributed by atoms with Crippen molar-refractivity contribution in [1.82, 2.24) is 19.7 Å². The van der Waals surface area contributed by atoms with Crippen molar-refractivity contribution in [2.45, 2.75) is 18.6 Å². The van der Waals surface area contributed by atoms with E-state index in [0.717, 1.165) is 16.8 Å². The lowest BCUT2D eigenvalue weighted by molar-refractivity contribution is -0.127. The molecular weight excluding hydrogens is 468 g/mol. The summed E-state index contributed by atoms with van der Waals surface area (Å²) in [5, 5.41) is 10.1. The van der Waals surface area contributed by atoms with Crippen LogP contribution in [0.2, 0.25) is 5.02 Å². The first-order valence-electron chi connectivity index (χ1n) is 10.7. The largest absolute Gasteiger partial charge is 0.496 e. The molecule has 0 aliphatic carbocycles. The molecule has 174 valence electrons. The SMILES string of the molecule is COc1ccccc1-c1nnc(SCC(=O)N(C)Cc2ccc(C)cc2)n1-c1ccc(Cl)cc1. The van der Waals surface area contributed by atoms with Crippen molar-refractivity contribution in [3.05, 3.63) is 88.9 Å². The Balaban J connectivity index is 1.59. The number of para-hydroxylation sites is 1. The van der Waals surface area contributed by atoms with Gasteiger partial charge >= 0.3 is 0 Å². The molecule has 0 aliphatic heterocycles. The van der Waals surface area contributed by atoms with Gasteiger partial charge in [0, 0.05) is 24.3 Å². The van der Waals surface area contributed by atoms with Gasteiger partial charge in [0.25, 0.3) is 0 Å². The molecule has 0 saturated carbocycles. The average molecular weight is 493 g/mol. The fourth-order valence-corrected chi connectivity index (χ4v) is 4.50. The molecule has 0 N–H and O–H groups in total. The summed E-state index contributed by atoms with van der Waals surface area (Å²) in [6.07, 6.45) is 0. The minimum atomic E-state index is 0.00933. The van der Waals surface area contributed by atoms with Crippen molar-refractivity contribution in [3.8, 4) is 22.8 Å². The maximum absolute atomic E-state index is 12.9. The van der Waals surface area contributed by atoms with Crippen molar-refractivity contribution in [3.63, 3.8) is 0 Å². The van der Waals surface area contributed by atoms with Crippen LogP contribution in [0.15, 0.2) is 78.0 Å². The highest BCUT2D eigenvalue weighted by Crippen LogP contribution is 2.33. The summed E-state index contributed by atoms with van der Waals surface area (Å²) >= 11 is 7.46. The van der Waals surface area contributed by atoms with E-state index in [-0.39, 0.29) is 11.7 Å². The molecule has 0 bridgehead atoms. The number of hydrogen-bond donors (Lipinski definition) is 0. The first kappa shape index (κ1) is 23.9. The number of carbonyl (C=O) groups excluding carboxylic acids is 1. The average Bonchev–Trinajstić information content (AvgIpc) is 3.28. The molecule has 34 heavy (non-hydrogen) atoms. The van der Waals surface area contributed by atoms with Crippen LogP contribution in [0.1, 0.15) is 11.1 Å². The molecule has 3 aromatic carbocycles. The van der Waals surface area contributed by atoms with E-state index < -0.39 is 0 Å². The molecule has 0 saturated heterocycles. The minimum absolute atomic E-state index is 0.00933. The van der Waals surface area contributed by atoms with Crippen LogP contribution in [0.5, 0.6) is 5.75 Å². The molecule has 0 radical (unpaired) electrons. The van der Waals surface area contributed by atoms with Crippen molar-refractivity contribution in [1.29, 1.82) is 0 Å². The number of hydrogen-bond acceptors (Lipinski definition) is 5. The first-order chi connectivity index (χ1) is 16.5. The maximum Gasteiger partial charge on any atom is 0.233 e. The summed E-state index contributed by atoms with van der Waals surface area (Å²) in [6, 6.07) is 23.3. The highest BCUT2D eigenvalue weighted by atomic mass is 35.5. The van der Waals surface area contributed by atoms with Gasteiger partial charge in [-0.05, 0) is 48.9 Å². The van der Waals surface area contributed by atoms with Crippen LogP contribution >= 0.6 is 23.4 Å². The van der Waals surface area contributed by atoms with Crippen molar-refractivity contribution < 1.29 is 9.53 Å². The molecule has 6 nitrogen and oxygen atoms in total. The lowest BCUT2D eigenvalue weighted by Gasteiger charge is -2.17. The molecule has 1 heterocycles. The third-order valence-electron chi connectivity index (χ3n) is 5.36. The van der Waals surface area contributed by atoms with E-state index in [1.165, 1.54) is 17.3 Å². The topological polar surface area (TPSA) is 60.3 Å². The van der Waals surface area contributed by atoms with Crippen LogP contribution in [0, 0.1) is 6.92 Å². The Kier molecular flexibility index (Phi) is 7.55. The number of benzene rings is 3. The fourth-order valence-electron chi connectivity index (χ4n) is 3.48. The Morgan fingerprint density at radius 2 is 1.74 bits per heavy atom. The normalized spacial score (nSPS) is 10.8. The van der Waals surface area contributed by atoms with E-state index in [0.29, 0.717) is 28.3 Å². The van der Waals surface area contributed by atoms with Gasteiger partial charge in [-0.1, -0.05) is 65.3 Å². The molecule has 4 rings (SSSR count). The van der Waals surface area contributed by atoms with E-state index in [9.17, 15) is 4.79 Å². The summed E-state index contributed by atoms with van der Waals surface area (Å²) in [6.45, 7) is 2.60. The number of rotatable bonds is 8. The monoisotopic (exact) mass is 492 g/mol. The Bertz CT molecular complexity index is 1270. The van der Waals surface area contributed by atoms with Gasteiger partial charge in [0.2, 0.25) is 5.91 Å². The number of halogens is 1. The van der Waals surface area contributed by atoms with E-state index in [4.69, 9.17) is 16.3 Å². The number of ether oxygens (including phenoxy) is 1. The molecule has 0 aliphatic rings. The van der Waals surface area contributed by atoms with Gasteiger partial charge in [-0.2, -0.15) is 0 Å². The third kappa shape index (κ3) is 5.43. The number of carbonyl (C=O) groups is 1. The number of methoxy groups -OCH3 is 1. The van der Waals surface area contributed by atoms with Gasteiger partial charge in [0.15, 0.2) is 11.0 Å². The first-order valence-corrected chi connectivity index (χ1v) is 12.1. The van der Waals surface area contributed by atoms with Gasteiger partial charge in [0.1, 0.15) is 5.75 Å². The number of aryl methyl sites for hydroxylation is 1. The molecule has 8 heteroatoms. The lowest BCUT2D eigenvalue weighted by atomic mass is 10.1. The molecule has 1 amide bonds. The number of thioether (sulfide) groups is 1. The fraction of sp³-hybridized carbons (Fsp3) is 0.192. The van der Waals surface area contributed by atoms with E-state index in [1.54, 1.807) is 12.0 Å². The zero-order valence-electron chi connectivity index (χ0n) is 19.2. The predicted molar refractivity (Wildman–Crippen MR) is 137 cm³/mol. The van der Waals surface area contributed by atoms with Crippen LogP contribution in [0.3, 0.4) is 0 Å². The lowest BCUT2D eigenvalue weighted by Crippen LogP contribution is -2.27. The zero-order chi connectivity index (χ0) is 24.1. The highest BCUT2D eigenvalue weighted by Gasteiger charge is 2.20. The second-order valence-electron chi connectivity index (χ2n) is 7.84. The van der Waals surface area contributed by atoms with Gasteiger partial charge in [-0.15, -0.1) is 10.2 Å². The van der Waals surface area contributed by atoms with Gasteiger partial charge in [0.05, 0.1) is 18.4 Å². The van der Waals surface area contributed by atoms with Crippen LogP contribution < -0.4 is 4.74 Å². The molecule has 0 atom stereocenters. The van der Waals surface area contributed by atoms with E-state index >= 15 is 0 Å². The zero-order valence-corrected chi connectivity index (χ0v) is 20.8. The van der Waals surface area contributed by atoms with Crippen molar-refractivity contribution >= 4 is 29.3 Å². The molecule has 0 fully saturated rings. The highest BCUT2D eigenvalue weighted by molar-refractivity contribution is 7.99. The molecule has 4 aromatic rings. The predicted octanol–water partition coefficient (Wildman–Crippen LogP) is 5.66. The maximum atomic E-state index is 12.9. The second kappa shape index (κ2) is 10.8. The smallest absolute Gasteiger partial charge is 0.233 e. The number of nitrogens with zero attached hydrogens (tertiary/aromatic N) is 4. The van der Waals surface area contributed by atoms with Crippen LogP contribution in [-0.2, 0) is 11.3 Å². The number of amides is 1. The van der Waals surface area contributed by atoms with Gasteiger partial charge < -0.3 is 9.64 Å². The molecule has 0 unspecified atom stereocenters. The quantitative estimate of drug-likeness (QED) is 0.297. The van der Waals surface area contributed by atoms with E-state index in [2.05, 4.69) is 22.3 Å². The Morgan fingerprint density at radius 1 is 1.03 bits per heavy atom. The molecule has 1 aromatic heterocycles. The Morgan fingerprint density at radius 3 is 2.44 bits per heavy atom. The summed E-state index contributed by atoms with van der Waals surface area (Å²) in [5.41, 5.74) is 3.94. The third-order valence-corrected chi connectivity index (χ3v) is 6.52. The summed E-state index contributed by atoms with van der Waals surface area (Å²) in [7, 11) is 3.44.